The van der Waals surface area contributed by atoms with Crippen LogP contribution >= 0.6 is 15.9 Å². The smallest absolute Gasteiger partial charge is 0.306 e. The molecule has 4 N–H and O–H groups in total. The lowest BCUT2D eigenvalue weighted by molar-refractivity contribution is -0.141. The first-order chi connectivity index (χ1) is 8.41. The van der Waals surface area contributed by atoms with Gasteiger partial charge in [0.05, 0.1) is 11.5 Å². The molecular formula is C12H15BrN2O3. The molecule has 0 aromatic heterocycles. The standard InChI is InChI=1S/C12H15BrN2O3/c1-7(12(17)18)4-5-15-11(16)9-6-8(14)2-3-10(9)13/h2-3,6-7H,4-5,14H2,1H3,(H,15,16)(H,17,18). The number of halogens is 1. The second kappa shape index (κ2) is 6.39. The monoisotopic (exact) mass is 314 g/mol. The van der Waals surface area contributed by atoms with E-state index in [1.54, 1.807) is 25.1 Å². The van der Waals surface area contributed by atoms with Crippen LogP contribution in [0.3, 0.4) is 0 Å². The molecular weight excluding hydrogens is 300 g/mol. The maximum Gasteiger partial charge on any atom is 0.306 e. The molecule has 0 saturated carbocycles. The van der Waals surface area contributed by atoms with E-state index in [0.29, 0.717) is 28.7 Å². The van der Waals surface area contributed by atoms with Crippen molar-refractivity contribution in [1.82, 2.24) is 5.32 Å². The highest BCUT2D eigenvalue weighted by Gasteiger charge is 2.13. The van der Waals surface area contributed by atoms with Gasteiger partial charge >= 0.3 is 5.97 Å². The zero-order valence-corrected chi connectivity index (χ0v) is 11.5. The van der Waals surface area contributed by atoms with E-state index < -0.39 is 11.9 Å². The Morgan fingerprint density at radius 1 is 1.50 bits per heavy atom. The number of hydrogen-bond acceptors (Lipinski definition) is 3. The summed E-state index contributed by atoms with van der Waals surface area (Å²) in [6, 6.07) is 4.96. The number of carboxylic acid groups (broad SMARTS) is 1. The predicted octanol–water partition coefficient (Wildman–Crippen LogP) is 1.87. The number of anilines is 1. The van der Waals surface area contributed by atoms with Gasteiger partial charge in [0.25, 0.3) is 5.91 Å². The number of carbonyl (C=O) groups excluding carboxylic acids is 1. The van der Waals surface area contributed by atoms with Crippen molar-refractivity contribution in [3.63, 3.8) is 0 Å². The third-order valence-corrected chi connectivity index (χ3v) is 3.21. The summed E-state index contributed by atoms with van der Waals surface area (Å²) < 4.78 is 0.653. The van der Waals surface area contributed by atoms with Gasteiger partial charge in [0.15, 0.2) is 0 Å². The van der Waals surface area contributed by atoms with Crippen molar-refractivity contribution < 1.29 is 14.7 Å². The summed E-state index contributed by atoms with van der Waals surface area (Å²) in [5.74, 6) is -1.62. The van der Waals surface area contributed by atoms with Crippen LogP contribution < -0.4 is 11.1 Å². The predicted molar refractivity (Wildman–Crippen MR) is 72.3 cm³/mol. The summed E-state index contributed by atoms with van der Waals surface area (Å²) in [6.07, 6.45) is 0.390. The number of benzene rings is 1. The fourth-order valence-corrected chi connectivity index (χ4v) is 1.76. The van der Waals surface area contributed by atoms with Crippen LogP contribution in [-0.4, -0.2) is 23.5 Å². The van der Waals surface area contributed by atoms with Crippen LogP contribution in [0.25, 0.3) is 0 Å². The Labute approximate surface area is 113 Å². The normalized spacial score (nSPS) is 11.9. The molecule has 0 radical (unpaired) electrons. The SMILES string of the molecule is CC(CCNC(=O)c1cc(N)ccc1Br)C(=O)O. The van der Waals surface area contributed by atoms with E-state index in [0.717, 1.165) is 0 Å². The van der Waals surface area contributed by atoms with Crippen LogP contribution in [0.1, 0.15) is 23.7 Å². The Hall–Kier alpha value is -1.56. The summed E-state index contributed by atoms with van der Waals surface area (Å²) in [7, 11) is 0. The van der Waals surface area contributed by atoms with E-state index in [1.165, 1.54) is 0 Å². The number of hydrogen-bond donors (Lipinski definition) is 3. The van der Waals surface area contributed by atoms with Crippen molar-refractivity contribution >= 4 is 33.5 Å². The molecule has 1 rings (SSSR count). The topological polar surface area (TPSA) is 92.4 Å². The van der Waals surface area contributed by atoms with Crippen molar-refractivity contribution in [2.75, 3.05) is 12.3 Å². The van der Waals surface area contributed by atoms with Crippen molar-refractivity contribution in [2.45, 2.75) is 13.3 Å². The minimum atomic E-state index is -0.866. The molecule has 1 amide bonds. The van der Waals surface area contributed by atoms with Crippen LogP contribution in [0, 0.1) is 5.92 Å². The van der Waals surface area contributed by atoms with Gasteiger partial charge in [-0.15, -0.1) is 0 Å². The first kappa shape index (κ1) is 14.5. The number of aliphatic carboxylic acids is 1. The van der Waals surface area contributed by atoms with Gasteiger partial charge in [0, 0.05) is 16.7 Å². The summed E-state index contributed by atoms with van der Waals surface area (Å²) in [5.41, 5.74) is 6.55. The molecule has 6 heteroatoms. The van der Waals surface area contributed by atoms with Gasteiger partial charge in [0.2, 0.25) is 0 Å². The summed E-state index contributed by atoms with van der Waals surface area (Å²) in [5, 5.41) is 11.4. The number of nitrogens with one attached hydrogen (secondary N) is 1. The molecule has 0 aliphatic carbocycles. The average Bonchev–Trinajstić information content (AvgIpc) is 2.31. The molecule has 18 heavy (non-hydrogen) atoms. The molecule has 0 aliphatic rings. The Morgan fingerprint density at radius 2 is 2.17 bits per heavy atom. The van der Waals surface area contributed by atoms with E-state index >= 15 is 0 Å². The molecule has 0 fully saturated rings. The molecule has 0 heterocycles. The molecule has 1 aromatic rings. The summed E-state index contributed by atoms with van der Waals surface area (Å²) >= 11 is 3.26. The van der Waals surface area contributed by atoms with E-state index in [9.17, 15) is 9.59 Å². The number of amides is 1. The Balaban J connectivity index is 2.55. The zero-order valence-electron chi connectivity index (χ0n) is 9.94. The second-order valence-corrected chi connectivity index (χ2v) is 4.88. The van der Waals surface area contributed by atoms with Crippen LogP contribution in [0.2, 0.25) is 0 Å². The summed E-state index contributed by atoms with van der Waals surface area (Å²) in [6.45, 7) is 1.92. The van der Waals surface area contributed by atoms with E-state index in [1.807, 2.05) is 0 Å². The van der Waals surface area contributed by atoms with E-state index in [4.69, 9.17) is 10.8 Å². The lowest BCUT2D eigenvalue weighted by Gasteiger charge is -2.09. The highest BCUT2D eigenvalue weighted by Crippen LogP contribution is 2.19. The number of nitrogen functional groups attached to an aromatic ring is 1. The highest BCUT2D eigenvalue weighted by atomic mass is 79.9. The van der Waals surface area contributed by atoms with Crippen LogP contribution in [-0.2, 0) is 4.79 Å². The van der Waals surface area contributed by atoms with Crippen LogP contribution in [0.4, 0.5) is 5.69 Å². The van der Waals surface area contributed by atoms with Gasteiger partial charge < -0.3 is 16.2 Å². The molecule has 0 bridgehead atoms. The Morgan fingerprint density at radius 3 is 2.78 bits per heavy atom. The number of nitrogens with two attached hydrogens (primary N) is 1. The maximum absolute atomic E-state index is 11.8. The fraction of sp³-hybridized carbons (Fsp3) is 0.333. The molecule has 5 nitrogen and oxygen atoms in total. The van der Waals surface area contributed by atoms with Gasteiger partial charge in [-0.3, -0.25) is 9.59 Å². The van der Waals surface area contributed by atoms with Crippen LogP contribution in [0.5, 0.6) is 0 Å². The third-order valence-electron chi connectivity index (χ3n) is 2.52. The highest BCUT2D eigenvalue weighted by molar-refractivity contribution is 9.10. The van der Waals surface area contributed by atoms with Gasteiger partial charge in [-0.25, -0.2) is 0 Å². The molecule has 1 aromatic carbocycles. The number of carbonyl (C=O) groups is 2. The first-order valence-corrected chi connectivity index (χ1v) is 6.27. The van der Waals surface area contributed by atoms with Crippen molar-refractivity contribution in [2.24, 2.45) is 5.92 Å². The summed E-state index contributed by atoms with van der Waals surface area (Å²) in [4.78, 5) is 22.4. The third kappa shape index (κ3) is 4.03. The minimum Gasteiger partial charge on any atom is -0.481 e. The second-order valence-electron chi connectivity index (χ2n) is 4.02. The Kier molecular flexibility index (Phi) is 5.15. The molecule has 0 spiro atoms. The van der Waals surface area contributed by atoms with Gasteiger partial charge in [0.1, 0.15) is 0 Å². The molecule has 98 valence electrons. The minimum absolute atomic E-state index is 0.272. The molecule has 1 unspecified atom stereocenters. The van der Waals surface area contributed by atoms with Crippen molar-refractivity contribution in [3.05, 3.63) is 28.2 Å². The lowest BCUT2D eigenvalue weighted by Crippen LogP contribution is -2.27. The number of carboxylic acids is 1. The lowest BCUT2D eigenvalue weighted by atomic mass is 10.1. The Bertz CT molecular complexity index is 463. The molecule has 0 saturated heterocycles. The van der Waals surface area contributed by atoms with Crippen molar-refractivity contribution in [1.29, 1.82) is 0 Å². The average molecular weight is 315 g/mol. The maximum atomic E-state index is 11.8. The number of rotatable bonds is 5. The van der Waals surface area contributed by atoms with Crippen molar-refractivity contribution in [3.8, 4) is 0 Å². The molecule has 0 aliphatic heterocycles. The van der Waals surface area contributed by atoms with Gasteiger partial charge in [-0.2, -0.15) is 0 Å². The van der Waals surface area contributed by atoms with Crippen LogP contribution in [0.15, 0.2) is 22.7 Å². The zero-order chi connectivity index (χ0) is 13.7. The first-order valence-electron chi connectivity index (χ1n) is 5.48. The van der Waals surface area contributed by atoms with Gasteiger partial charge in [-0.1, -0.05) is 6.92 Å². The van der Waals surface area contributed by atoms with E-state index in [2.05, 4.69) is 21.2 Å². The fourth-order valence-electron chi connectivity index (χ4n) is 1.34. The van der Waals surface area contributed by atoms with Gasteiger partial charge in [-0.05, 0) is 40.5 Å². The van der Waals surface area contributed by atoms with E-state index in [-0.39, 0.29) is 5.91 Å². The molecule has 1 atom stereocenters. The quantitative estimate of drug-likeness (QED) is 0.723. The largest absolute Gasteiger partial charge is 0.481 e.